The Morgan fingerprint density at radius 2 is 2.41 bits per heavy atom. The second-order valence-corrected chi connectivity index (χ2v) is 5.62. The fourth-order valence-electron chi connectivity index (χ4n) is 2.38. The normalized spacial score (nSPS) is 26.5. The summed E-state index contributed by atoms with van der Waals surface area (Å²) >= 11 is 0. The summed E-state index contributed by atoms with van der Waals surface area (Å²) in [6.07, 6.45) is -0.781. The zero-order chi connectivity index (χ0) is 15.9. The maximum atomic E-state index is 11.7. The molecule has 1 saturated heterocycles. The number of aromatic nitrogens is 4. The predicted molar refractivity (Wildman–Crippen MR) is 74.3 cm³/mol. The van der Waals surface area contributed by atoms with Gasteiger partial charge < -0.3 is 25.0 Å². The number of anilines is 1. The molecule has 1 aliphatic heterocycles. The van der Waals surface area contributed by atoms with Crippen molar-refractivity contribution in [3.05, 3.63) is 16.7 Å². The molecular formula is C10H14N5O6P. The lowest BCUT2D eigenvalue weighted by Crippen LogP contribution is -2.20. The molecule has 4 atom stereocenters. The van der Waals surface area contributed by atoms with Crippen LogP contribution < -0.4 is 11.3 Å². The van der Waals surface area contributed by atoms with E-state index in [1.807, 2.05) is 0 Å². The molecule has 0 bridgehead atoms. The largest absolute Gasteiger partial charge is 0.388 e. The van der Waals surface area contributed by atoms with Crippen LogP contribution in [0.5, 0.6) is 0 Å². The maximum absolute atomic E-state index is 11.7. The highest BCUT2D eigenvalue weighted by Crippen LogP contribution is 2.31. The monoisotopic (exact) mass is 331 g/mol. The molecule has 3 heterocycles. The number of hydrogen-bond donors (Lipinski definition) is 4. The molecule has 120 valence electrons. The first-order chi connectivity index (χ1) is 10.5. The molecule has 11 nitrogen and oxygen atoms in total. The van der Waals surface area contributed by atoms with Crippen molar-refractivity contribution in [1.29, 1.82) is 0 Å². The number of H-pyrrole nitrogens is 1. The average Bonchev–Trinajstić information content (AvgIpc) is 3.00. The highest BCUT2D eigenvalue weighted by atomic mass is 31.1. The van der Waals surface area contributed by atoms with E-state index in [4.69, 9.17) is 15.4 Å². The molecule has 1 unspecified atom stereocenters. The number of aromatic amines is 1. The Bertz CT molecular complexity index is 775. The van der Waals surface area contributed by atoms with E-state index in [-0.39, 0.29) is 30.1 Å². The quantitative estimate of drug-likeness (QED) is 0.500. The molecular weight excluding hydrogens is 317 g/mol. The Labute approximate surface area is 123 Å². The van der Waals surface area contributed by atoms with Gasteiger partial charge in [0.05, 0.1) is 19.0 Å². The van der Waals surface area contributed by atoms with E-state index in [1.165, 1.54) is 10.9 Å². The lowest BCUT2D eigenvalue weighted by Gasteiger charge is -2.16. The van der Waals surface area contributed by atoms with Crippen LogP contribution in [0, 0.1) is 0 Å². The fraction of sp³-hybridized carbons (Fsp3) is 0.500. The smallest absolute Gasteiger partial charge is 0.316 e. The number of aliphatic hydroxyl groups excluding tert-OH is 1. The SMILES string of the molecule is Nc1nc2c(ncn2[C@H]2O[C@@H](CO[PH](=O)O)C[C@@H]2O)c(=O)[nH]1. The number of fused-ring (bicyclic) bond motifs is 1. The molecule has 12 heteroatoms. The summed E-state index contributed by atoms with van der Waals surface area (Å²) < 4.78 is 22.2. The summed E-state index contributed by atoms with van der Waals surface area (Å²) in [6.45, 7) is -0.120. The standard InChI is InChI=1S/C10H14N5O6P/c11-10-13-7-6(8(17)14-10)12-3-15(7)9-5(16)1-4(21-9)2-20-22(18)19/h3-5,9,16,22H,1-2H2,(H,18,19)(H3,11,13,14,17)/t4-,5+,9+/m1/s1. The molecule has 0 spiro atoms. The van der Waals surface area contributed by atoms with Gasteiger partial charge in [-0.1, -0.05) is 0 Å². The van der Waals surface area contributed by atoms with Crippen molar-refractivity contribution in [2.45, 2.75) is 24.9 Å². The molecule has 2 aromatic rings. The van der Waals surface area contributed by atoms with Gasteiger partial charge in [-0.25, -0.2) is 4.98 Å². The van der Waals surface area contributed by atoms with Crippen LogP contribution in [0.1, 0.15) is 12.6 Å². The van der Waals surface area contributed by atoms with E-state index in [1.54, 1.807) is 0 Å². The zero-order valence-corrected chi connectivity index (χ0v) is 12.2. The third-order valence-electron chi connectivity index (χ3n) is 3.28. The highest BCUT2D eigenvalue weighted by molar-refractivity contribution is 7.32. The van der Waals surface area contributed by atoms with E-state index >= 15 is 0 Å². The van der Waals surface area contributed by atoms with E-state index in [0.717, 1.165) is 0 Å². The van der Waals surface area contributed by atoms with Gasteiger partial charge >= 0.3 is 8.25 Å². The van der Waals surface area contributed by atoms with Gasteiger partial charge in [0, 0.05) is 6.42 Å². The summed E-state index contributed by atoms with van der Waals surface area (Å²) in [5, 5.41) is 10.1. The van der Waals surface area contributed by atoms with Crippen molar-refractivity contribution in [2.24, 2.45) is 0 Å². The lowest BCUT2D eigenvalue weighted by molar-refractivity contribution is -0.0459. The Kier molecular flexibility index (Phi) is 3.98. The van der Waals surface area contributed by atoms with E-state index in [0.29, 0.717) is 0 Å². The van der Waals surface area contributed by atoms with Gasteiger partial charge in [-0.3, -0.25) is 18.9 Å². The number of imidazole rings is 1. The van der Waals surface area contributed by atoms with Gasteiger partial charge in [0.1, 0.15) is 6.10 Å². The molecule has 1 aliphatic rings. The maximum Gasteiger partial charge on any atom is 0.316 e. The second kappa shape index (κ2) is 5.78. The molecule has 2 aromatic heterocycles. The molecule has 3 rings (SSSR count). The van der Waals surface area contributed by atoms with Gasteiger partial charge in [-0.15, -0.1) is 0 Å². The first-order valence-corrected chi connectivity index (χ1v) is 7.63. The minimum Gasteiger partial charge on any atom is -0.388 e. The number of hydrogen-bond acceptors (Lipinski definition) is 8. The molecule has 1 fully saturated rings. The highest BCUT2D eigenvalue weighted by Gasteiger charge is 2.36. The summed E-state index contributed by atoms with van der Waals surface area (Å²) in [4.78, 5) is 30.6. The summed E-state index contributed by atoms with van der Waals surface area (Å²) in [5.74, 6) is -0.0782. The van der Waals surface area contributed by atoms with Gasteiger partial charge in [0.15, 0.2) is 17.4 Å². The molecule has 0 amide bonds. The van der Waals surface area contributed by atoms with Crippen molar-refractivity contribution >= 4 is 25.4 Å². The van der Waals surface area contributed by atoms with Crippen LogP contribution in [0.2, 0.25) is 0 Å². The van der Waals surface area contributed by atoms with E-state index < -0.39 is 32.2 Å². The Hall–Kier alpha value is -1.78. The number of nitrogens with two attached hydrogens (primary N) is 1. The topological polar surface area (TPSA) is 166 Å². The van der Waals surface area contributed by atoms with Crippen LogP contribution in [-0.2, 0) is 13.8 Å². The number of nitrogen functional groups attached to an aromatic ring is 1. The minimum absolute atomic E-state index is 0.0742. The lowest BCUT2D eigenvalue weighted by atomic mass is 10.2. The summed E-state index contributed by atoms with van der Waals surface area (Å²) in [7, 11) is -3.06. The van der Waals surface area contributed by atoms with Gasteiger partial charge in [-0.05, 0) is 0 Å². The molecule has 0 aliphatic carbocycles. The molecule has 0 aromatic carbocycles. The first-order valence-electron chi connectivity index (χ1n) is 6.37. The van der Waals surface area contributed by atoms with Crippen LogP contribution in [0.4, 0.5) is 5.95 Å². The Balaban J connectivity index is 1.88. The van der Waals surface area contributed by atoms with Crippen LogP contribution >= 0.6 is 8.25 Å². The number of ether oxygens (including phenoxy) is 1. The van der Waals surface area contributed by atoms with Crippen LogP contribution in [0.25, 0.3) is 11.2 Å². The summed E-state index contributed by atoms with van der Waals surface area (Å²) in [5.41, 5.74) is 5.27. The van der Waals surface area contributed by atoms with Gasteiger partial charge in [0.2, 0.25) is 5.95 Å². The van der Waals surface area contributed by atoms with Crippen LogP contribution in [0.15, 0.2) is 11.1 Å². The first kappa shape index (κ1) is 15.1. The number of nitrogens with zero attached hydrogens (tertiary/aromatic N) is 3. The number of nitrogens with one attached hydrogen (secondary N) is 1. The zero-order valence-electron chi connectivity index (χ0n) is 11.2. The number of rotatable bonds is 4. The Morgan fingerprint density at radius 3 is 3.14 bits per heavy atom. The van der Waals surface area contributed by atoms with Gasteiger partial charge in [0.25, 0.3) is 5.56 Å². The minimum atomic E-state index is -3.06. The van der Waals surface area contributed by atoms with Crippen molar-refractivity contribution in [3.63, 3.8) is 0 Å². The third-order valence-corrected chi connectivity index (χ3v) is 3.70. The van der Waals surface area contributed by atoms with E-state index in [2.05, 4.69) is 19.5 Å². The Morgan fingerprint density at radius 1 is 1.64 bits per heavy atom. The van der Waals surface area contributed by atoms with Crippen molar-refractivity contribution in [2.75, 3.05) is 12.3 Å². The average molecular weight is 331 g/mol. The predicted octanol–water partition coefficient (Wildman–Crippen LogP) is -1.25. The van der Waals surface area contributed by atoms with Crippen molar-refractivity contribution < 1.29 is 23.8 Å². The third kappa shape index (κ3) is 2.76. The summed E-state index contributed by atoms with van der Waals surface area (Å²) in [6, 6.07) is 0. The molecule has 0 radical (unpaired) electrons. The van der Waals surface area contributed by atoms with Crippen LogP contribution in [0.3, 0.4) is 0 Å². The number of aliphatic hydroxyl groups is 1. The van der Waals surface area contributed by atoms with E-state index in [9.17, 15) is 14.5 Å². The van der Waals surface area contributed by atoms with Crippen molar-refractivity contribution in [1.82, 2.24) is 19.5 Å². The van der Waals surface area contributed by atoms with Crippen molar-refractivity contribution in [3.8, 4) is 0 Å². The molecule has 0 saturated carbocycles. The van der Waals surface area contributed by atoms with Gasteiger partial charge in [-0.2, -0.15) is 4.98 Å². The second-order valence-electron chi connectivity index (χ2n) is 4.80. The fourth-order valence-corrected chi connectivity index (χ4v) is 2.71. The molecule has 5 N–H and O–H groups in total. The molecule has 22 heavy (non-hydrogen) atoms. The van der Waals surface area contributed by atoms with Crippen LogP contribution in [-0.4, -0.2) is 48.3 Å².